The smallest absolute Gasteiger partial charge is 0.320 e. The molecule has 47 heavy (non-hydrogen) atoms. The standard InChI is InChI=1S/C37H47N7O3/c1-23(40-21-24(2)44-31(20-38)17-30-18-34(30)44)19-37(36(39)43(8)47-22-45)32-13-11-26(25(3)41(4)5)15-27(32)9-10-28-16-29(12-14-33(28)37)35(46)42(6)7/h11-16,22-23,30-31,34,39-40H,2-3,9-10,17-19,21H2,1,4-8H3/t23-,30-,31?,34+,37?/m1/s1. The van der Waals surface area contributed by atoms with Crippen molar-refractivity contribution in [1.29, 1.82) is 10.7 Å². The molecule has 2 fully saturated rings. The van der Waals surface area contributed by atoms with Crippen LogP contribution in [-0.4, -0.2) is 97.9 Å². The first-order chi connectivity index (χ1) is 22.3. The highest BCUT2D eigenvalue weighted by Crippen LogP contribution is 2.49. The van der Waals surface area contributed by atoms with Crippen molar-refractivity contribution in [3.05, 3.63) is 88.6 Å². The van der Waals surface area contributed by atoms with Crippen molar-refractivity contribution in [2.75, 3.05) is 41.8 Å². The van der Waals surface area contributed by atoms with E-state index in [4.69, 9.17) is 4.84 Å². The molecular formula is C37H47N7O3. The SMILES string of the molecule is C=C(c1ccc2c(c1)CCc1cc(C(=O)N(C)C)ccc1C2(C[C@@H](C)NCC(=C)N1C(C#N)C[C@@H]2C[C@@H]21)C(=N)N(C)OC=O)N(C)C. The minimum Gasteiger partial charge on any atom is -0.378 e. The van der Waals surface area contributed by atoms with E-state index in [0.29, 0.717) is 49.8 Å². The van der Waals surface area contributed by atoms with E-state index in [0.717, 1.165) is 52.1 Å². The number of hydrogen-bond donors (Lipinski definition) is 2. The van der Waals surface area contributed by atoms with Gasteiger partial charge >= 0.3 is 6.47 Å². The number of nitrogens with zero attached hydrogens (tertiary/aromatic N) is 5. The van der Waals surface area contributed by atoms with Crippen molar-refractivity contribution in [3.63, 3.8) is 0 Å². The van der Waals surface area contributed by atoms with Gasteiger partial charge in [0.1, 0.15) is 11.9 Å². The highest BCUT2D eigenvalue weighted by Gasteiger charge is 2.52. The lowest BCUT2D eigenvalue weighted by Gasteiger charge is -2.41. The van der Waals surface area contributed by atoms with Crippen LogP contribution >= 0.6 is 0 Å². The number of amidine groups is 1. The molecule has 10 heteroatoms. The van der Waals surface area contributed by atoms with Crippen LogP contribution in [0.1, 0.15) is 64.4 Å². The molecule has 1 saturated heterocycles. The summed E-state index contributed by atoms with van der Waals surface area (Å²) in [6.07, 6.45) is 3.81. The number of nitrogens with one attached hydrogen (secondary N) is 2. The molecule has 248 valence electrons. The molecule has 2 aromatic rings. The molecule has 1 saturated carbocycles. The van der Waals surface area contributed by atoms with Crippen LogP contribution in [0.5, 0.6) is 0 Å². The number of carbonyl (C=O) groups is 2. The minimum absolute atomic E-state index is 0.0924. The summed E-state index contributed by atoms with van der Waals surface area (Å²) in [7, 11) is 8.98. The van der Waals surface area contributed by atoms with Crippen molar-refractivity contribution in [3.8, 4) is 6.07 Å². The quantitative estimate of drug-likeness (QED) is 0.154. The van der Waals surface area contributed by atoms with Crippen LogP contribution in [0.2, 0.25) is 0 Å². The molecule has 2 unspecified atom stereocenters. The molecule has 2 aliphatic carbocycles. The van der Waals surface area contributed by atoms with Crippen molar-refractivity contribution < 1.29 is 14.4 Å². The van der Waals surface area contributed by atoms with Gasteiger partial charge in [-0.3, -0.25) is 15.0 Å². The van der Waals surface area contributed by atoms with Gasteiger partial charge in [0.15, 0.2) is 0 Å². The maximum atomic E-state index is 13.1. The zero-order valence-corrected chi connectivity index (χ0v) is 28.5. The number of rotatable bonds is 12. The predicted octanol–water partition coefficient (Wildman–Crippen LogP) is 4.17. The molecule has 3 aliphatic rings. The van der Waals surface area contributed by atoms with Crippen LogP contribution in [0.15, 0.2) is 55.3 Å². The van der Waals surface area contributed by atoms with Gasteiger partial charge in [-0.1, -0.05) is 31.4 Å². The molecule has 1 amide bonds. The third-order valence-electron chi connectivity index (χ3n) is 10.1. The number of likely N-dealkylation sites (tertiary alicyclic amines) is 1. The van der Waals surface area contributed by atoms with E-state index >= 15 is 0 Å². The maximum absolute atomic E-state index is 13.1. The number of benzene rings is 2. The fourth-order valence-electron chi connectivity index (χ4n) is 7.58. The summed E-state index contributed by atoms with van der Waals surface area (Å²) in [6.45, 7) is 11.6. The Labute approximate surface area is 278 Å². The predicted molar refractivity (Wildman–Crippen MR) is 183 cm³/mol. The molecule has 0 radical (unpaired) electrons. The van der Waals surface area contributed by atoms with Crippen molar-refractivity contribution >= 4 is 23.9 Å². The molecule has 0 bridgehead atoms. The van der Waals surface area contributed by atoms with Crippen LogP contribution in [0, 0.1) is 22.7 Å². The number of piperidine rings is 1. The number of aryl methyl sites for hydroxylation is 2. The summed E-state index contributed by atoms with van der Waals surface area (Å²) in [5.74, 6) is 0.602. The lowest BCUT2D eigenvalue weighted by molar-refractivity contribution is -0.152. The summed E-state index contributed by atoms with van der Waals surface area (Å²) in [5, 5.41) is 24.3. The summed E-state index contributed by atoms with van der Waals surface area (Å²) < 4.78 is 0. The van der Waals surface area contributed by atoms with E-state index in [1.54, 1.807) is 26.0 Å². The van der Waals surface area contributed by atoms with Gasteiger partial charge in [-0.05, 0) is 91.0 Å². The highest BCUT2D eigenvalue weighted by atomic mass is 16.7. The Hall–Kier alpha value is -4.62. The van der Waals surface area contributed by atoms with Gasteiger partial charge in [0.05, 0.1) is 11.5 Å². The number of hydroxylamine groups is 2. The second-order valence-electron chi connectivity index (χ2n) is 13.6. The highest BCUT2D eigenvalue weighted by molar-refractivity contribution is 5.97. The molecule has 5 rings (SSSR count). The summed E-state index contributed by atoms with van der Waals surface area (Å²) in [5.41, 5.74) is 6.18. The summed E-state index contributed by atoms with van der Waals surface area (Å²) >= 11 is 0. The number of likely N-dealkylation sites (N-methyl/N-ethyl adjacent to an activating group) is 1. The van der Waals surface area contributed by atoms with Crippen molar-refractivity contribution in [2.45, 2.75) is 62.6 Å². The van der Waals surface area contributed by atoms with Gasteiger partial charge in [0, 0.05) is 70.8 Å². The molecule has 0 spiro atoms. The monoisotopic (exact) mass is 637 g/mol. The Kier molecular flexibility index (Phi) is 9.51. The zero-order chi connectivity index (χ0) is 34.2. The van der Waals surface area contributed by atoms with E-state index in [-0.39, 0.29) is 23.8 Å². The first-order valence-electron chi connectivity index (χ1n) is 16.2. The molecular weight excluding hydrogens is 590 g/mol. The topological polar surface area (TPSA) is 116 Å². The van der Waals surface area contributed by atoms with E-state index < -0.39 is 5.41 Å². The number of carbonyl (C=O) groups excluding carboxylic acids is 2. The second-order valence-corrected chi connectivity index (χ2v) is 13.6. The zero-order valence-electron chi connectivity index (χ0n) is 28.5. The number of hydrogen-bond acceptors (Lipinski definition) is 8. The molecule has 0 aromatic heterocycles. The molecule has 10 nitrogen and oxygen atoms in total. The molecule has 5 atom stereocenters. The fraction of sp³-hybridized carbons (Fsp3) is 0.459. The third-order valence-corrected chi connectivity index (χ3v) is 10.1. The first-order valence-corrected chi connectivity index (χ1v) is 16.2. The van der Waals surface area contributed by atoms with Crippen LogP contribution in [-0.2, 0) is 27.9 Å². The van der Waals surface area contributed by atoms with Gasteiger partial charge in [-0.15, -0.1) is 0 Å². The van der Waals surface area contributed by atoms with Crippen LogP contribution in [0.4, 0.5) is 0 Å². The van der Waals surface area contributed by atoms with Gasteiger partial charge in [0.2, 0.25) is 0 Å². The van der Waals surface area contributed by atoms with E-state index in [1.807, 2.05) is 43.3 Å². The van der Waals surface area contributed by atoms with Crippen LogP contribution in [0.25, 0.3) is 5.70 Å². The Morgan fingerprint density at radius 3 is 2.28 bits per heavy atom. The Bertz CT molecular complexity index is 1570. The van der Waals surface area contributed by atoms with Gasteiger partial charge in [-0.25, -0.2) is 0 Å². The molecule has 1 heterocycles. The number of fused-ring (bicyclic) bond motifs is 3. The van der Waals surface area contributed by atoms with E-state index in [2.05, 4.69) is 48.5 Å². The average molecular weight is 638 g/mol. The molecule has 2 N–H and O–H groups in total. The lowest BCUT2D eigenvalue weighted by atomic mass is 9.67. The maximum Gasteiger partial charge on any atom is 0.320 e. The Morgan fingerprint density at radius 1 is 1.09 bits per heavy atom. The Balaban J connectivity index is 1.60. The van der Waals surface area contributed by atoms with Crippen LogP contribution in [0.3, 0.4) is 0 Å². The third kappa shape index (κ3) is 6.24. The van der Waals surface area contributed by atoms with E-state index in [9.17, 15) is 20.3 Å². The van der Waals surface area contributed by atoms with Gasteiger partial charge in [0.25, 0.3) is 5.91 Å². The van der Waals surface area contributed by atoms with Gasteiger partial charge < -0.3 is 24.9 Å². The number of nitriles is 1. The lowest BCUT2D eigenvalue weighted by Crippen LogP contribution is -2.50. The average Bonchev–Trinajstić information content (AvgIpc) is 3.75. The normalized spacial score (nSPS) is 22.7. The minimum atomic E-state index is -1.05. The second kappa shape index (κ2) is 13.2. The largest absolute Gasteiger partial charge is 0.378 e. The summed E-state index contributed by atoms with van der Waals surface area (Å²) in [6, 6.07) is 14.6. The summed E-state index contributed by atoms with van der Waals surface area (Å²) in [4.78, 5) is 35.7. The van der Waals surface area contributed by atoms with Crippen molar-refractivity contribution in [1.82, 2.24) is 25.1 Å². The van der Waals surface area contributed by atoms with E-state index in [1.165, 1.54) is 5.06 Å². The van der Waals surface area contributed by atoms with Crippen molar-refractivity contribution in [2.24, 2.45) is 5.92 Å². The molecule has 1 aliphatic heterocycles. The Morgan fingerprint density at radius 2 is 1.70 bits per heavy atom. The fourth-order valence-corrected chi connectivity index (χ4v) is 7.58. The molecule has 2 aromatic carbocycles. The number of amides is 1. The first kappa shape index (κ1) is 33.7. The van der Waals surface area contributed by atoms with Crippen LogP contribution < -0.4 is 5.32 Å². The van der Waals surface area contributed by atoms with Gasteiger partial charge in [-0.2, -0.15) is 10.3 Å².